The molecule has 1 heterocycles. The lowest BCUT2D eigenvalue weighted by atomic mass is 9.83. The van der Waals surface area contributed by atoms with Gasteiger partial charge in [-0.15, -0.1) is 0 Å². The second-order valence-electron chi connectivity index (χ2n) is 5.10. The van der Waals surface area contributed by atoms with Crippen molar-refractivity contribution in [3.05, 3.63) is 23.8 Å². The van der Waals surface area contributed by atoms with Gasteiger partial charge in [-0.05, 0) is 42.5 Å². The summed E-state index contributed by atoms with van der Waals surface area (Å²) in [6, 6.07) is 6.20. The molecule has 0 amide bonds. The normalized spacial score (nSPS) is 23.7. The molecule has 0 saturated carbocycles. The van der Waals surface area contributed by atoms with Crippen LogP contribution in [0.3, 0.4) is 0 Å². The molecule has 1 N–H and O–H groups in total. The van der Waals surface area contributed by atoms with Crippen LogP contribution in [-0.4, -0.2) is 27.3 Å². The SMILES string of the molecule is COc1ccc(CC2(C)CCNC2)cc1OC. The molecular formula is C14H21NO2. The van der Waals surface area contributed by atoms with Gasteiger partial charge in [0, 0.05) is 6.54 Å². The van der Waals surface area contributed by atoms with Crippen LogP contribution in [0.4, 0.5) is 0 Å². The molecule has 3 nitrogen and oxygen atoms in total. The number of hydrogen-bond donors (Lipinski definition) is 1. The first-order chi connectivity index (χ1) is 8.17. The second-order valence-corrected chi connectivity index (χ2v) is 5.10. The van der Waals surface area contributed by atoms with E-state index in [1.807, 2.05) is 6.07 Å². The Hall–Kier alpha value is -1.22. The molecular weight excluding hydrogens is 214 g/mol. The molecule has 1 atom stereocenters. The smallest absolute Gasteiger partial charge is 0.160 e. The first-order valence-corrected chi connectivity index (χ1v) is 6.08. The third kappa shape index (κ3) is 2.72. The fraction of sp³-hybridized carbons (Fsp3) is 0.571. The zero-order chi connectivity index (χ0) is 12.3. The zero-order valence-corrected chi connectivity index (χ0v) is 10.9. The van der Waals surface area contributed by atoms with Gasteiger partial charge in [0.15, 0.2) is 11.5 Å². The van der Waals surface area contributed by atoms with E-state index in [0.717, 1.165) is 31.0 Å². The van der Waals surface area contributed by atoms with Crippen LogP contribution in [0.25, 0.3) is 0 Å². The summed E-state index contributed by atoms with van der Waals surface area (Å²) in [7, 11) is 3.35. The molecule has 0 aliphatic carbocycles. The Balaban J connectivity index is 2.16. The highest BCUT2D eigenvalue weighted by molar-refractivity contribution is 5.43. The highest BCUT2D eigenvalue weighted by Gasteiger charge is 2.28. The summed E-state index contributed by atoms with van der Waals surface area (Å²) in [6.07, 6.45) is 2.32. The molecule has 1 aromatic carbocycles. The average Bonchev–Trinajstić information content (AvgIpc) is 2.75. The average molecular weight is 235 g/mol. The summed E-state index contributed by atoms with van der Waals surface area (Å²) in [4.78, 5) is 0. The maximum atomic E-state index is 5.33. The maximum Gasteiger partial charge on any atom is 0.160 e. The molecule has 94 valence electrons. The number of nitrogens with one attached hydrogen (secondary N) is 1. The fourth-order valence-corrected chi connectivity index (χ4v) is 2.50. The Morgan fingerprint density at radius 2 is 2.00 bits per heavy atom. The minimum absolute atomic E-state index is 0.375. The van der Waals surface area contributed by atoms with Crippen molar-refractivity contribution in [3.8, 4) is 11.5 Å². The van der Waals surface area contributed by atoms with Gasteiger partial charge in [-0.2, -0.15) is 0 Å². The minimum Gasteiger partial charge on any atom is -0.493 e. The minimum atomic E-state index is 0.375. The zero-order valence-electron chi connectivity index (χ0n) is 10.9. The van der Waals surface area contributed by atoms with Crippen molar-refractivity contribution in [3.63, 3.8) is 0 Å². The number of ether oxygens (including phenoxy) is 2. The van der Waals surface area contributed by atoms with E-state index in [0.29, 0.717) is 5.41 Å². The molecule has 1 saturated heterocycles. The lowest BCUT2D eigenvalue weighted by molar-refractivity contribution is 0.348. The Kier molecular flexibility index (Phi) is 3.57. The van der Waals surface area contributed by atoms with Crippen molar-refractivity contribution in [1.29, 1.82) is 0 Å². The molecule has 0 bridgehead atoms. The molecule has 0 spiro atoms. The highest BCUT2D eigenvalue weighted by Crippen LogP contribution is 2.33. The molecule has 0 radical (unpaired) electrons. The topological polar surface area (TPSA) is 30.5 Å². The molecule has 0 aromatic heterocycles. The van der Waals surface area contributed by atoms with Gasteiger partial charge in [0.05, 0.1) is 14.2 Å². The summed E-state index contributed by atoms with van der Waals surface area (Å²) in [5.74, 6) is 1.62. The number of hydrogen-bond acceptors (Lipinski definition) is 3. The Morgan fingerprint density at radius 3 is 2.59 bits per heavy atom. The lowest BCUT2D eigenvalue weighted by Crippen LogP contribution is -2.22. The summed E-state index contributed by atoms with van der Waals surface area (Å²) in [5.41, 5.74) is 1.69. The first kappa shape index (κ1) is 12.2. The lowest BCUT2D eigenvalue weighted by Gasteiger charge is -2.23. The summed E-state index contributed by atoms with van der Waals surface area (Å²) < 4.78 is 10.6. The van der Waals surface area contributed by atoms with Crippen LogP contribution in [0.1, 0.15) is 18.9 Å². The Morgan fingerprint density at radius 1 is 1.24 bits per heavy atom. The van der Waals surface area contributed by atoms with Crippen LogP contribution < -0.4 is 14.8 Å². The molecule has 1 aliphatic heterocycles. The third-order valence-corrected chi connectivity index (χ3v) is 3.54. The molecule has 1 fully saturated rings. The van der Waals surface area contributed by atoms with Gasteiger partial charge in [-0.25, -0.2) is 0 Å². The summed E-state index contributed by atoms with van der Waals surface area (Å²) in [5, 5.41) is 3.43. The van der Waals surface area contributed by atoms with Gasteiger partial charge in [-0.3, -0.25) is 0 Å². The van der Waals surface area contributed by atoms with Gasteiger partial charge in [-0.1, -0.05) is 13.0 Å². The van der Waals surface area contributed by atoms with Crippen molar-refractivity contribution in [2.45, 2.75) is 19.8 Å². The van der Waals surface area contributed by atoms with E-state index < -0.39 is 0 Å². The van der Waals surface area contributed by atoms with Gasteiger partial charge < -0.3 is 14.8 Å². The predicted molar refractivity (Wildman–Crippen MR) is 68.8 cm³/mol. The van der Waals surface area contributed by atoms with E-state index in [1.54, 1.807) is 14.2 Å². The Labute approximate surface area is 103 Å². The van der Waals surface area contributed by atoms with Gasteiger partial charge in [0.25, 0.3) is 0 Å². The predicted octanol–water partition coefficient (Wildman–Crippen LogP) is 2.25. The molecule has 1 aliphatic rings. The van der Waals surface area contributed by atoms with Gasteiger partial charge in [0.1, 0.15) is 0 Å². The summed E-state index contributed by atoms with van der Waals surface area (Å²) in [6.45, 7) is 4.56. The highest BCUT2D eigenvalue weighted by atomic mass is 16.5. The van der Waals surface area contributed by atoms with E-state index in [-0.39, 0.29) is 0 Å². The molecule has 1 unspecified atom stereocenters. The van der Waals surface area contributed by atoms with Crippen LogP contribution in [0.5, 0.6) is 11.5 Å². The van der Waals surface area contributed by atoms with Crippen molar-refractivity contribution in [2.24, 2.45) is 5.41 Å². The standard InChI is InChI=1S/C14H21NO2/c1-14(6-7-15-10-14)9-11-4-5-12(16-2)13(8-11)17-3/h4-5,8,15H,6-7,9-10H2,1-3H3. The molecule has 3 heteroatoms. The quantitative estimate of drug-likeness (QED) is 0.868. The van der Waals surface area contributed by atoms with E-state index in [4.69, 9.17) is 9.47 Å². The number of benzene rings is 1. The van der Waals surface area contributed by atoms with Crippen LogP contribution in [0.2, 0.25) is 0 Å². The van der Waals surface area contributed by atoms with E-state index in [9.17, 15) is 0 Å². The van der Waals surface area contributed by atoms with Crippen LogP contribution in [-0.2, 0) is 6.42 Å². The van der Waals surface area contributed by atoms with Crippen molar-refractivity contribution in [2.75, 3.05) is 27.3 Å². The van der Waals surface area contributed by atoms with Crippen LogP contribution in [0.15, 0.2) is 18.2 Å². The van der Waals surface area contributed by atoms with Crippen LogP contribution in [0, 0.1) is 5.41 Å². The van der Waals surface area contributed by atoms with E-state index in [1.165, 1.54) is 12.0 Å². The summed E-state index contributed by atoms with van der Waals surface area (Å²) >= 11 is 0. The Bertz CT molecular complexity index is 384. The van der Waals surface area contributed by atoms with Gasteiger partial charge in [0.2, 0.25) is 0 Å². The maximum absolute atomic E-state index is 5.33. The van der Waals surface area contributed by atoms with Crippen LogP contribution >= 0.6 is 0 Å². The van der Waals surface area contributed by atoms with E-state index in [2.05, 4.69) is 24.4 Å². The monoisotopic (exact) mass is 235 g/mol. The second kappa shape index (κ2) is 4.96. The molecule has 2 rings (SSSR count). The van der Waals surface area contributed by atoms with E-state index >= 15 is 0 Å². The first-order valence-electron chi connectivity index (χ1n) is 6.08. The van der Waals surface area contributed by atoms with Crippen molar-refractivity contribution >= 4 is 0 Å². The number of methoxy groups -OCH3 is 2. The number of rotatable bonds is 4. The van der Waals surface area contributed by atoms with Crippen molar-refractivity contribution in [1.82, 2.24) is 5.32 Å². The largest absolute Gasteiger partial charge is 0.493 e. The molecule has 17 heavy (non-hydrogen) atoms. The third-order valence-electron chi connectivity index (χ3n) is 3.54. The van der Waals surface area contributed by atoms with Crippen molar-refractivity contribution < 1.29 is 9.47 Å². The molecule has 1 aromatic rings. The fourth-order valence-electron chi connectivity index (χ4n) is 2.50. The van der Waals surface area contributed by atoms with Gasteiger partial charge >= 0.3 is 0 Å².